The molecule has 3 rings (SSSR count). The van der Waals surface area contributed by atoms with Crippen LogP contribution in [0.5, 0.6) is 0 Å². The van der Waals surface area contributed by atoms with Crippen molar-refractivity contribution in [2.45, 2.75) is 0 Å². The molecule has 0 fully saturated rings. The predicted molar refractivity (Wildman–Crippen MR) is 76.6 cm³/mol. The van der Waals surface area contributed by atoms with Gasteiger partial charge in [0.1, 0.15) is 0 Å². The Morgan fingerprint density at radius 1 is 0.944 bits per heavy atom. The Labute approximate surface area is 110 Å². The second kappa shape index (κ2) is 4.31. The number of para-hydroxylation sites is 1. The second-order valence-electron chi connectivity index (χ2n) is 4.11. The molecule has 2 N–H and O–H groups in total. The fraction of sp³-hybridized carbons (Fsp3) is 0. The number of aromatic nitrogens is 1. The van der Waals surface area contributed by atoms with E-state index in [1.165, 1.54) is 0 Å². The van der Waals surface area contributed by atoms with E-state index in [1.54, 1.807) is 6.20 Å². The summed E-state index contributed by atoms with van der Waals surface area (Å²) >= 11 is 5.91. The molecule has 1 heterocycles. The summed E-state index contributed by atoms with van der Waals surface area (Å²) in [6.45, 7) is 0. The van der Waals surface area contributed by atoms with E-state index >= 15 is 0 Å². The number of rotatable bonds is 1. The van der Waals surface area contributed by atoms with E-state index in [0.717, 1.165) is 27.1 Å². The third kappa shape index (κ3) is 1.81. The maximum atomic E-state index is 6.06. The van der Waals surface area contributed by atoms with Gasteiger partial charge in [0, 0.05) is 16.0 Å². The first kappa shape index (κ1) is 11.1. The molecule has 3 aromatic rings. The zero-order valence-electron chi connectivity index (χ0n) is 9.60. The summed E-state index contributed by atoms with van der Waals surface area (Å²) in [4.78, 5) is 4.33. The number of halogens is 1. The summed E-state index contributed by atoms with van der Waals surface area (Å²) in [7, 11) is 0. The largest absolute Gasteiger partial charge is 0.397 e. The van der Waals surface area contributed by atoms with Gasteiger partial charge in [-0.25, -0.2) is 0 Å². The maximum Gasteiger partial charge on any atom is 0.0709 e. The van der Waals surface area contributed by atoms with Crippen molar-refractivity contribution in [3.63, 3.8) is 0 Å². The Balaban J connectivity index is 2.33. The zero-order valence-corrected chi connectivity index (χ0v) is 10.4. The minimum atomic E-state index is 0.677. The first-order valence-corrected chi connectivity index (χ1v) is 6.02. The SMILES string of the molecule is Nc1cnc2ccccc2c1-c1ccc(Cl)cc1. The van der Waals surface area contributed by atoms with Gasteiger partial charge in [-0.2, -0.15) is 0 Å². The molecule has 0 atom stereocenters. The molecule has 0 aliphatic heterocycles. The van der Waals surface area contributed by atoms with Crippen LogP contribution in [-0.2, 0) is 0 Å². The lowest BCUT2D eigenvalue weighted by molar-refractivity contribution is 1.41. The third-order valence-corrected chi connectivity index (χ3v) is 3.19. The van der Waals surface area contributed by atoms with E-state index in [1.807, 2.05) is 48.5 Å². The molecule has 18 heavy (non-hydrogen) atoms. The van der Waals surface area contributed by atoms with Crippen molar-refractivity contribution in [3.05, 3.63) is 59.8 Å². The molecule has 0 aliphatic rings. The average molecular weight is 255 g/mol. The molecule has 0 aliphatic carbocycles. The summed E-state index contributed by atoms with van der Waals surface area (Å²) in [5.74, 6) is 0. The molecule has 0 saturated heterocycles. The highest BCUT2D eigenvalue weighted by molar-refractivity contribution is 6.30. The van der Waals surface area contributed by atoms with Crippen LogP contribution in [0.1, 0.15) is 0 Å². The molecule has 0 saturated carbocycles. The fourth-order valence-electron chi connectivity index (χ4n) is 2.10. The third-order valence-electron chi connectivity index (χ3n) is 2.94. The Hall–Kier alpha value is -2.06. The van der Waals surface area contributed by atoms with Crippen LogP contribution in [0, 0.1) is 0 Å². The van der Waals surface area contributed by atoms with Crippen LogP contribution in [0.3, 0.4) is 0 Å². The maximum absolute atomic E-state index is 6.06. The standard InChI is InChI=1S/C15H11ClN2/c16-11-7-5-10(6-8-11)15-12-3-1-2-4-14(12)18-9-13(15)17/h1-9H,17H2. The first-order chi connectivity index (χ1) is 8.75. The topological polar surface area (TPSA) is 38.9 Å². The van der Waals surface area contributed by atoms with Gasteiger partial charge in [0.15, 0.2) is 0 Å². The summed E-state index contributed by atoms with van der Waals surface area (Å²) < 4.78 is 0. The van der Waals surface area contributed by atoms with Gasteiger partial charge < -0.3 is 5.73 Å². The van der Waals surface area contributed by atoms with Crippen molar-refractivity contribution in [1.29, 1.82) is 0 Å². The van der Waals surface area contributed by atoms with Crippen molar-refractivity contribution in [2.24, 2.45) is 0 Å². The number of hydrogen-bond donors (Lipinski definition) is 1. The van der Waals surface area contributed by atoms with Crippen molar-refractivity contribution in [3.8, 4) is 11.1 Å². The molecular weight excluding hydrogens is 244 g/mol. The minimum Gasteiger partial charge on any atom is -0.397 e. The average Bonchev–Trinajstić information content (AvgIpc) is 2.40. The molecule has 2 aromatic carbocycles. The van der Waals surface area contributed by atoms with Crippen LogP contribution < -0.4 is 5.73 Å². The van der Waals surface area contributed by atoms with E-state index in [2.05, 4.69) is 4.98 Å². The zero-order chi connectivity index (χ0) is 12.5. The number of anilines is 1. The van der Waals surface area contributed by atoms with Crippen LogP contribution in [0.25, 0.3) is 22.0 Å². The fourth-order valence-corrected chi connectivity index (χ4v) is 2.22. The number of nitrogen functional groups attached to an aromatic ring is 1. The first-order valence-electron chi connectivity index (χ1n) is 5.65. The molecule has 0 spiro atoms. The molecule has 88 valence electrons. The minimum absolute atomic E-state index is 0.677. The predicted octanol–water partition coefficient (Wildman–Crippen LogP) is 4.14. The summed E-state index contributed by atoms with van der Waals surface area (Å²) in [6, 6.07) is 15.6. The molecule has 1 aromatic heterocycles. The smallest absolute Gasteiger partial charge is 0.0709 e. The molecule has 2 nitrogen and oxygen atoms in total. The van der Waals surface area contributed by atoms with Crippen molar-refractivity contribution in [1.82, 2.24) is 4.98 Å². The van der Waals surface area contributed by atoms with E-state index in [4.69, 9.17) is 17.3 Å². The van der Waals surface area contributed by atoms with Crippen LogP contribution in [0.15, 0.2) is 54.7 Å². The van der Waals surface area contributed by atoms with Gasteiger partial charge in [-0.05, 0) is 23.8 Å². The number of nitrogens with two attached hydrogens (primary N) is 1. The van der Waals surface area contributed by atoms with E-state index in [0.29, 0.717) is 5.69 Å². The van der Waals surface area contributed by atoms with Gasteiger partial charge in [-0.1, -0.05) is 41.9 Å². The summed E-state index contributed by atoms with van der Waals surface area (Å²) in [5, 5.41) is 1.77. The van der Waals surface area contributed by atoms with Crippen LogP contribution >= 0.6 is 11.6 Å². The normalized spacial score (nSPS) is 10.7. The van der Waals surface area contributed by atoms with Gasteiger partial charge in [0.2, 0.25) is 0 Å². The molecule has 0 bridgehead atoms. The molecule has 3 heteroatoms. The highest BCUT2D eigenvalue weighted by Crippen LogP contribution is 2.33. The number of pyridine rings is 1. The number of nitrogens with zero attached hydrogens (tertiary/aromatic N) is 1. The molecule has 0 radical (unpaired) electrons. The van der Waals surface area contributed by atoms with Gasteiger partial charge in [-0.3, -0.25) is 4.98 Å². The highest BCUT2D eigenvalue weighted by atomic mass is 35.5. The van der Waals surface area contributed by atoms with Crippen LogP contribution in [0.4, 0.5) is 5.69 Å². The lowest BCUT2D eigenvalue weighted by Gasteiger charge is -2.09. The van der Waals surface area contributed by atoms with Crippen molar-refractivity contribution >= 4 is 28.2 Å². The Bertz CT molecular complexity index is 705. The lowest BCUT2D eigenvalue weighted by Crippen LogP contribution is -1.93. The van der Waals surface area contributed by atoms with Crippen molar-refractivity contribution in [2.75, 3.05) is 5.73 Å². The van der Waals surface area contributed by atoms with Gasteiger partial charge >= 0.3 is 0 Å². The van der Waals surface area contributed by atoms with Gasteiger partial charge in [0.25, 0.3) is 0 Å². The Morgan fingerprint density at radius 2 is 1.67 bits per heavy atom. The number of fused-ring (bicyclic) bond motifs is 1. The van der Waals surface area contributed by atoms with Crippen molar-refractivity contribution < 1.29 is 0 Å². The summed E-state index contributed by atoms with van der Waals surface area (Å²) in [6.07, 6.45) is 1.70. The van der Waals surface area contributed by atoms with E-state index < -0.39 is 0 Å². The number of hydrogen-bond acceptors (Lipinski definition) is 2. The van der Waals surface area contributed by atoms with Crippen LogP contribution in [0.2, 0.25) is 5.02 Å². The lowest BCUT2D eigenvalue weighted by atomic mass is 10.00. The Kier molecular flexibility index (Phi) is 2.65. The van der Waals surface area contributed by atoms with Gasteiger partial charge in [-0.15, -0.1) is 0 Å². The van der Waals surface area contributed by atoms with Gasteiger partial charge in [0.05, 0.1) is 17.4 Å². The highest BCUT2D eigenvalue weighted by Gasteiger charge is 2.08. The second-order valence-corrected chi connectivity index (χ2v) is 4.55. The van der Waals surface area contributed by atoms with E-state index in [9.17, 15) is 0 Å². The monoisotopic (exact) mass is 254 g/mol. The van der Waals surface area contributed by atoms with Crippen LogP contribution in [-0.4, -0.2) is 4.98 Å². The molecule has 0 unspecified atom stereocenters. The number of benzene rings is 2. The molecular formula is C15H11ClN2. The Morgan fingerprint density at radius 3 is 2.44 bits per heavy atom. The molecule has 0 amide bonds. The van der Waals surface area contributed by atoms with E-state index in [-0.39, 0.29) is 0 Å². The summed E-state index contributed by atoms with van der Waals surface area (Å²) in [5.41, 5.74) is 9.74. The quantitative estimate of drug-likeness (QED) is 0.709.